The van der Waals surface area contributed by atoms with Gasteiger partial charge in [-0.15, -0.1) is 0 Å². The second kappa shape index (κ2) is 4.90. The van der Waals surface area contributed by atoms with Crippen LogP contribution in [0.5, 0.6) is 0 Å². The van der Waals surface area contributed by atoms with Crippen molar-refractivity contribution in [3.8, 4) is 6.07 Å². The van der Waals surface area contributed by atoms with Crippen LogP contribution in [-0.4, -0.2) is 29.6 Å². The van der Waals surface area contributed by atoms with Gasteiger partial charge in [-0.1, -0.05) is 0 Å². The fourth-order valence-corrected chi connectivity index (χ4v) is 5.78. The minimum atomic E-state index is 0.109. The minimum absolute atomic E-state index is 0.109. The number of piperidine rings is 1. The van der Waals surface area contributed by atoms with Crippen LogP contribution in [0.15, 0.2) is 0 Å². The summed E-state index contributed by atoms with van der Waals surface area (Å²) in [5.41, 5.74) is 0.109. The van der Waals surface area contributed by atoms with Gasteiger partial charge in [0.05, 0.1) is 6.07 Å². The summed E-state index contributed by atoms with van der Waals surface area (Å²) in [5, 5.41) is 12.4. The number of likely N-dealkylation sites (tertiary alicyclic amines) is 1. The molecule has 2 amide bonds. The lowest BCUT2D eigenvalue weighted by atomic mass is 9.53. The average Bonchev–Trinajstić information content (AvgIpc) is 2.45. The summed E-state index contributed by atoms with van der Waals surface area (Å²) in [6.07, 6.45) is 9.52. The van der Waals surface area contributed by atoms with Gasteiger partial charge in [-0.05, 0) is 69.1 Å². The molecule has 114 valence electrons. The van der Waals surface area contributed by atoms with Gasteiger partial charge < -0.3 is 10.2 Å². The van der Waals surface area contributed by atoms with Gasteiger partial charge in [0.15, 0.2) is 0 Å². The molecule has 0 aromatic carbocycles. The average molecular weight is 287 g/mol. The third kappa shape index (κ3) is 2.41. The van der Waals surface area contributed by atoms with E-state index in [-0.39, 0.29) is 17.5 Å². The summed E-state index contributed by atoms with van der Waals surface area (Å²) in [6.45, 7) is 1.49. The van der Waals surface area contributed by atoms with Crippen molar-refractivity contribution in [3.05, 3.63) is 0 Å². The van der Waals surface area contributed by atoms with Crippen LogP contribution < -0.4 is 5.32 Å². The highest BCUT2D eigenvalue weighted by molar-refractivity contribution is 5.75. The highest BCUT2D eigenvalue weighted by Gasteiger charge is 2.51. The smallest absolute Gasteiger partial charge is 0.317 e. The molecular weight excluding hydrogens is 262 g/mol. The number of carbonyl (C=O) groups excluding carboxylic acids is 1. The van der Waals surface area contributed by atoms with Crippen LogP contribution in [0.4, 0.5) is 4.79 Å². The predicted octanol–water partition coefficient (Wildman–Crippen LogP) is 2.90. The van der Waals surface area contributed by atoms with Crippen molar-refractivity contribution < 1.29 is 4.79 Å². The Morgan fingerprint density at radius 3 is 2.05 bits per heavy atom. The van der Waals surface area contributed by atoms with Crippen molar-refractivity contribution in [2.24, 2.45) is 23.7 Å². The van der Waals surface area contributed by atoms with E-state index in [9.17, 15) is 4.79 Å². The molecule has 4 bridgehead atoms. The molecular formula is C17H25N3O. The number of nitrogens with zero attached hydrogens (tertiary/aromatic N) is 2. The third-order valence-electron chi connectivity index (χ3n) is 6.38. The summed E-state index contributed by atoms with van der Waals surface area (Å²) >= 11 is 0. The van der Waals surface area contributed by atoms with Crippen LogP contribution in [-0.2, 0) is 0 Å². The number of hydrogen-bond acceptors (Lipinski definition) is 2. The minimum Gasteiger partial charge on any atom is -0.333 e. The maximum atomic E-state index is 12.6. The van der Waals surface area contributed by atoms with Crippen LogP contribution in [0.1, 0.15) is 51.4 Å². The summed E-state index contributed by atoms with van der Waals surface area (Å²) < 4.78 is 0. The van der Waals surface area contributed by atoms with Gasteiger partial charge in [-0.2, -0.15) is 5.26 Å². The normalized spacial score (nSPS) is 41.9. The highest BCUT2D eigenvalue weighted by Crippen LogP contribution is 2.55. The van der Waals surface area contributed by atoms with Gasteiger partial charge >= 0.3 is 6.03 Å². The first-order valence-electron chi connectivity index (χ1n) is 8.62. The van der Waals surface area contributed by atoms with Crippen molar-refractivity contribution in [3.63, 3.8) is 0 Å². The van der Waals surface area contributed by atoms with E-state index in [1.54, 1.807) is 0 Å². The molecule has 4 nitrogen and oxygen atoms in total. The molecule has 1 N–H and O–H groups in total. The van der Waals surface area contributed by atoms with E-state index >= 15 is 0 Å². The molecule has 5 rings (SSSR count). The summed E-state index contributed by atoms with van der Waals surface area (Å²) in [4.78, 5) is 14.5. The maximum absolute atomic E-state index is 12.6. The second-order valence-corrected chi connectivity index (χ2v) is 8.02. The number of rotatable bonds is 1. The van der Waals surface area contributed by atoms with Crippen LogP contribution in [0.25, 0.3) is 0 Å². The van der Waals surface area contributed by atoms with Gasteiger partial charge in [0.2, 0.25) is 0 Å². The van der Waals surface area contributed by atoms with Crippen molar-refractivity contribution >= 4 is 6.03 Å². The Bertz CT molecular complexity index is 438. The van der Waals surface area contributed by atoms with E-state index in [0.717, 1.165) is 43.7 Å². The molecule has 21 heavy (non-hydrogen) atoms. The Balaban J connectivity index is 1.40. The zero-order valence-electron chi connectivity index (χ0n) is 12.7. The standard InChI is InChI=1S/C17H25N3O/c18-11-12-1-3-20(4-2-12)16(21)19-17-8-13-5-14(9-17)7-15(6-13)10-17/h12-15H,1-10H2,(H,19,21). The lowest BCUT2D eigenvalue weighted by Gasteiger charge is -2.57. The lowest BCUT2D eigenvalue weighted by Crippen LogP contribution is -2.62. The monoisotopic (exact) mass is 287 g/mol. The molecule has 5 aliphatic rings. The van der Waals surface area contributed by atoms with Crippen LogP contribution in [0.3, 0.4) is 0 Å². The Morgan fingerprint density at radius 2 is 1.57 bits per heavy atom. The number of nitrogens with one attached hydrogen (secondary N) is 1. The molecule has 0 radical (unpaired) electrons. The van der Waals surface area contributed by atoms with Gasteiger partial charge in [0.1, 0.15) is 0 Å². The van der Waals surface area contributed by atoms with Crippen molar-refractivity contribution in [2.75, 3.05) is 13.1 Å². The fourth-order valence-electron chi connectivity index (χ4n) is 5.78. The summed E-state index contributed by atoms with van der Waals surface area (Å²) in [5.74, 6) is 2.73. The number of hydrogen-bond donors (Lipinski definition) is 1. The number of carbonyl (C=O) groups is 1. The number of urea groups is 1. The first kappa shape index (κ1) is 13.4. The Hall–Kier alpha value is -1.24. The molecule has 4 aliphatic carbocycles. The molecule has 0 aromatic rings. The number of amides is 2. The molecule has 4 heteroatoms. The van der Waals surface area contributed by atoms with E-state index in [0.29, 0.717) is 0 Å². The molecule has 1 aliphatic heterocycles. The molecule has 0 atom stereocenters. The maximum Gasteiger partial charge on any atom is 0.317 e. The van der Waals surface area contributed by atoms with E-state index in [1.807, 2.05) is 4.90 Å². The van der Waals surface area contributed by atoms with Crippen LogP contribution in [0, 0.1) is 35.0 Å². The van der Waals surface area contributed by atoms with Gasteiger partial charge in [-0.25, -0.2) is 4.79 Å². The van der Waals surface area contributed by atoms with Gasteiger partial charge in [-0.3, -0.25) is 0 Å². The van der Waals surface area contributed by atoms with E-state index in [2.05, 4.69) is 11.4 Å². The molecule has 0 unspecified atom stereocenters. The Labute approximate surface area is 126 Å². The van der Waals surface area contributed by atoms with Crippen molar-refractivity contribution in [2.45, 2.75) is 56.9 Å². The highest BCUT2D eigenvalue weighted by atomic mass is 16.2. The largest absolute Gasteiger partial charge is 0.333 e. The Morgan fingerprint density at radius 1 is 1.05 bits per heavy atom. The SMILES string of the molecule is N#CC1CCN(C(=O)NC23CC4CC(CC(C4)C2)C3)CC1. The number of nitriles is 1. The predicted molar refractivity (Wildman–Crippen MR) is 79.3 cm³/mol. The first-order valence-corrected chi connectivity index (χ1v) is 8.62. The molecule has 1 heterocycles. The topological polar surface area (TPSA) is 56.1 Å². The molecule has 0 aromatic heterocycles. The second-order valence-electron chi connectivity index (χ2n) is 8.02. The Kier molecular flexibility index (Phi) is 3.13. The van der Waals surface area contributed by atoms with Crippen LogP contribution in [0.2, 0.25) is 0 Å². The zero-order chi connectivity index (χ0) is 14.4. The van der Waals surface area contributed by atoms with Gasteiger partial charge in [0.25, 0.3) is 0 Å². The van der Waals surface area contributed by atoms with Crippen molar-refractivity contribution in [1.82, 2.24) is 10.2 Å². The molecule has 1 saturated heterocycles. The molecule has 5 fully saturated rings. The van der Waals surface area contributed by atoms with Crippen LogP contribution >= 0.6 is 0 Å². The van der Waals surface area contributed by atoms with Gasteiger partial charge in [0, 0.05) is 24.5 Å². The van der Waals surface area contributed by atoms with E-state index in [4.69, 9.17) is 5.26 Å². The van der Waals surface area contributed by atoms with E-state index < -0.39 is 0 Å². The third-order valence-corrected chi connectivity index (χ3v) is 6.38. The molecule has 0 spiro atoms. The lowest BCUT2D eigenvalue weighted by molar-refractivity contribution is -0.0160. The zero-order valence-corrected chi connectivity index (χ0v) is 12.7. The van der Waals surface area contributed by atoms with E-state index in [1.165, 1.54) is 38.5 Å². The quantitative estimate of drug-likeness (QED) is 0.806. The molecule has 4 saturated carbocycles. The summed E-state index contributed by atoms with van der Waals surface area (Å²) in [7, 11) is 0. The first-order chi connectivity index (χ1) is 10.2. The van der Waals surface area contributed by atoms with Crippen molar-refractivity contribution in [1.29, 1.82) is 5.26 Å². The summed E-state index contributed by atoms with van der Waals surface area (Å²) in [6, 6.07) is 2.46. The fraction of sp³-hybridized carbons (Fsp3) is 0.882.